The second kappa shape index (κ2) is 14.6. The molecule has 7 nitrogen and oxygen atoms in total. The van der Waals surface area contributed by atoms with E-state index >= 15 is 0 Å². The largest absolute Gasteiger partial charge is 0.448 e. The molecule has 7 heteroatoms. The normalized spacial score (nSPS) is 16.3. The van der Waals surface area contributed by atoms with Crippen LogP contribution < -0.4 is 16.2 Å². The fraction of sp³-hybridized carbons (Fsp3) is 0.394. The van der Waals surface area contributed by atoms with Gasteiger partial charge in [-0.05, 0) is 74.1 Å². The number of hydrogen-bond donors (Lipinski definition) is 4. The van der Waals surface area contributed by atoms with Crippen LogP contribution in [0.25, 0.3) is 0 Å². The van der Waals surface area contributed by atoms with Crippen LogP contribution >= 0.6 is 0 Å². The van der Waals surface area contributed by atoms with Gasteiger partial charge in [0.1, 0.15) is 6.26 Å². The zero-order valence-electron chi connectivity index (χ0n) is 23.2. The van der Waals surface area contributed by atoms with E-state index in [1.165, 1.54) is 43.2 Å². The Morgan fingerprint density at radius 1 is 1.02 bits per heavy atom. The van der Waals surface area contributed by atoms with Gasteiger partial charge >= 0.3 is 0 Å². The highest BCUT2D eigenvalue weighted by Gasteiger charge is 2.16. The van der Waals surface area contributed by atoms with Crippen molar-refractivity contribution in [3.63, 3.8) is 0 Å². The van der Waals surface area contributed by atoms with E-state index < -0.39 is 6.10 Å². The summed E-state index contributed by atoms with van der Waals surface area (Å²) in [5, 5.41) is 13.6. The molecule has 3 aromatic rings. The van der Waals surface area contributed by atoms with E-state index in [0.717, 1.165) is 66.7 Å². The van der Waals surface area contributed by atoms with Crippen molar-refractivity contribution in [2.24, 2.45) is 5.92 Å². The number of benzene rings is 1. The van der Waals surface area contributed by atoms with Crippen LogP contribution in [0.1, 0.15) is 67.3 Å². The molecule has 5 rings (SSSR count). The van der Waals surface area contributed by atoms with E-state index in [1.54, 1.807) is 12.4 Å². The first-order valence-electron chi connectivity index (χ1n) is 14.6. The first-order chi connectivity index (χ1) is 19.7. The number of nitrogens with zero attached hydrogens (tertiary/aromatic N) is 2. The van der Waals surface area contributed by atoms with Crippen molar-refractivity contribution in [3.05, 3.63) is 113 Å². The van der Waals surface area contributed by atoms with Crippen molar-refractivity contribution >= 4 is 5.69 Å². The van der Waals surface area contributed by atoms with Crippen molar-refractivity contribution in [1.29, 1.82) is 0 Å². The summed E-state index contributed by atoms with van der Waals surface area (Å²) in [5.41, 5.74) is 13.0. The molecule has 0 spiro atoms. The molecular formula is C33H41N5O2. The van der Waals surface area contributed by atoms with E-state index in [2.05, 4.69) is 69.7 Å². The van der Waals surface area contributed by atoms with Gasteiger partial charge in [0.05, 0.1) is 23.2 Å². The Kier molecular flexibility index (Phi) is 10.2. The van der Waals surface area contributed by atoms with Crippen molar-refractivity contribution in [2.45, 2.75) is 63.9 Å². The fourth-order valence-electron chi connectivity index (χ4n) is 5.33. The average molecular weight is 540 g/mol. The number of oxazole rings is 1. The molecule has 1 unspecified atom stereocenters. The minimum Gasteiger partial charge on any atom is -0.448 e. The molecule has 0 radical (unpaired) electrons. The maximum atomic E-state index is 10.2. The molecular weight excluding hydrogens is 498 g/mol. The Bertz CT molecular complexity index is 1270. The van der Waals surface area contributed by atoms with Gasteiger partial charge in [-0.15, -0.1) is 0 Å². The van der Waals surface area contributed by atoms with Crippen molar-refractivity contribution in [1.82, 2.24) is 20.7 Å². The smallest absolute Gasteiger partial charge is 0.198 e. The van der Waals surface area contributed by atoms with Gasteiger partial charge in [-0.25, -0.2) is 4.98 Å². The zero-order valence-corrected chi connectivity index (χ0v) is 23.2. The summed E-state index contributed by atoms with van der Waals surface area (Å²) in [4.78, 5) is 8.80. The van der Waals surface area contributed by atoms with Gasteiger partial charge in [0, 0.05) is 30.9 Å². The van der Waals surface area contributed by atoms with Crippen LogP contribution in [0, 0.1) is 5.92 Å². The van der Waals surface area contributed by atoms with Crippen molar-refractivity contribution in [3.8, 4) is 0 Å². The number of allylic oxidation sites excluding steroid dienone is 5. The molecule has 0 aliphatic heterocycles. The zero-order chi connectivity index (χ0) is 27.4. The standard InChI is InChI=1S/C33H41N5O2/c39-32(28-8-4-19-34-22-28)23-35-20-18-26-10-14-30(15-11-26)38-37-29-9-3-7-27(13-16-29)21-33-36-31(24-40-33)17-12-25-5-1-2-6-25/h3-4,8-11,13-16,19,22,24-25,32,35,37-39H,1-2,5-7,12,17-18,20-21,23H2. The number of aromatic nitrogens is 2. The van der Waals surface area contributed by atoms with E-state index in [4.69, 9.17) is 9.40 Å². The number of hydrazine groups is 1. The molecule has 2 heterocycles. The molecule has 40 heavy (non-hydrogen) atoms. The van der Waals surface area contributed by atoms with Crippen molar-refractivity contribution < 1.29 is 9.52 Å². The quantitative estimate of drug-likeness (QED) is 0.148. The third-order valence-corrected chi connectivity index (χ3v) is 7.74. The summed E-state index contributed by atoms with van der Waals surface area (Å²) in [6.45, 7) is 1.30. The number of hydrogen-bond acceptors (Lipinski definition) is 7. The lowest BCUT2D eigenvalue weighted by Gasteiger charge is -2.12. The van der Waals surface area contributed by atoms with Crippen LogP contribution in [0.5, 0.6) is 0 Å². The monoisotopic (exact) mass is 539 g/mol. The maximum absolute atomic E-state index is 10.2. The Morgan fingerprint density at radius 2 is 1.90 bits per heavy atom. The summed E-state index contributed by atoms with van der Waals surface area (Å²) >= 11 is 0. The molecule has 0 saturated heterocycles. The molecule has 1 fully saturated rings. The van der Waals surface area contributed by atoms with Gasteiger partial charge < -0.3 is 25.7 Å². The number of aliphatic hydroxyl groups excluding tert-OH is 1. The summed E-state index contributed by atoms with van der Waals surface area (Å²) < 4.78 is 5.78. The Hall–Kier alpha value is -3.68. The van der Waals surface area contributed by atoms with Gasteiger partial charge in [0.15, 0.2) is 5.89 Å². The fourth-order valence-corrected chi connectivity index (χ4v) is 5.33. The lowest BCUT2D eigenvalue weighted by molar-refractivity contribution is 0.174. The Balaban J connectivity index is 1.02. The summed E-state index contributed by atoms with van der Waals surface area (Å²) in [5.74, 6) is 1.69. The van der Waals surface area contributed by atoms with Gasteiger partial charge in [0.2, 0.25) is 0 Å². The highest BCUT2D eigenvalue weighted by Crippen LogP contribution is 2.28. The summed E-state index contributed by atoms with van der Waals surface area (Å²) in [6.07, 6.45) is 23.6. The predicted octanol–water partition coefficient (Wildman–Crippen LogP) is 5.99. The van der Waals surface area contributed by atoms with Crippen LogP contribution in [-0.2, 0) is 19.3 Å². The highest BCUT2D eigenvalue weighted by molar-refractivity contribution is 5.45. The highest BCUT2D eigenvalue weighted by atomic mass is 16.3. The van der Waals surface area contributed by atoms with Crippen LogP contribution in [0.4, 0.5) is 5.69 Å². The van der Waals surface area contributed by atoms with Crippen LogP contribution in [0.2, 0.25) is 0 Å². The van der Waals surface area contributed by atoms with Crippen LogP contribution in [-0.4, -0.2) is 28.2 Å². The maximum Gasteiger partial charge on any atom is 0.198 e. The summed E-state index contributed by atoms with van der Waals surface area (Å²) in [7, 11) is 0. The number of anilines is 1. The topological polar surface area (TPSA) is 95.2 Å². The lowest BCUT2D eigenvalue weighted by atomic mass is 10.0. The molecule has 2 aliphatic carbocycles. The van der Waals surface area contributed by atoms with Crippen molar-refractivity contribution in [2.75, 3.05) is 18.5 Å². The first kappa shape index (κ1) is 27.9. The van der Waals surface area contributed by atoms with E-state index in [-0.39, 0.29) is 0 Å². The van der Waals surface area contributed by atoms with Gasteiger partial charge in [-0.1, -0.05) is 61.6 Å². The minimum atomic E-state index is -0.546. The second-order valence-electron chi connectivity index (χ2n) is 10.9. The van der Waals surface area contributed by atoms with Crippen LogP contribution in [0.3, 0.4) is 0 Å². The summed E-state index contributed by atoms with van der Waals surface area (Å²) in [6, 6.07) is 12.1. The third kappa shape index (κ3) is 8.66. The third-order valence-electron chi connectivity index (χ3n) is 7.74. The molecule has 0 amide bonds. The Labute approximate surface area is 237 Å². The first-order valence-corrected chi connectivity index (χ1v) is 14.6. The molecule has 2 aromatic heterocycles. The SMILES string of the molecule is OC(CNCCc1ccc(NNC2=CC=C(Cc3nc(CCC4CCCC4)co3)CC=C2)cc1)c1cccnc1. The number of pyridine rings is 1. The second-order valence-corrected chi connectivity index (χ2v) is 10.9. The van der Waals surface area contributed by atoms with E-state index in [1.807, 2.05) is 18.4 Å². The number of rotatable bonds is 14. The lowest BCUT2D eigenvalue weighted by Crippen LogP contribution is -2.23. The molecule has 210 valence electrons. The van der Waals surface area contributed by atoms with Crippen LogP contribution in [0.15, 0.2) is 95.0 Å². The minimum absolute atomic E-state index is 0.507. The predicted molar refractivity (Wildman–Crippen MR) is 159 cm³/mol. The molecule has 1 saturated carbocycles. The molecule has 4 N–H and O–H groups in total. The van der Waals surface area contributed by atoms with Gasteiger partial charge in [0.25, 0.3) is 0 Å². The number of nitrogens with one attached hydrogen (secondary N) is 3. The van der Waals surface area contributed by atoms with Gasteiger partial charge in [-0.2, -0.15) is 0 Å². The van der Waals surface area contributed by atoms with E-state index in [0.29, 0.717) is 6.54 Å². The van der Waals surface area contributed by atoms with Gasteiger partial charge in [-0.3, -0.25) is 4.98 Å². The van der Waals surface area contributed by atoms with E-state index in [9.17, 15) is 5.11 Å². The molecule has 1 aromatic carbocycles. The molecule has 2 aliphatic rings. The number of aryl methyl sites for hydroxylation is 1. The number of aliphatic hydroxyl groups is 1. The molecule has 1 atom stereocenters. The Morgan fingerprint density at radius 3 is 2.73 bits per heavy atom. The molecule has 0 bridgehead atoms. The average Bonchev–Trinajstić information content (AvgIpc) is 3.63.